The summed E-state index contributed by atoms with van der Waals surface area (Å²) in [5, 5.41) is 0. The van der Waals surface area contributed by atoms with Gasteiger partial charge in [-0.25, -0.2) is 8.42 Å². The number of ether oxygens (including phenoxy) is 2. The van der Waals surface area contributed by atoms with E-state index in [0.717, 1.165) is 63.3 Å². The molecule has 0 spiro atoms. The highest BCUT2D eigenvalue weighted by Crippen LogP contribution is 2.59. The third-order valence-corrected chi connectivity index (χ3v) is 11.8. The zero-order chi connectivity index (χ0) is 30.6. The highest BCUT2D eigenvalue weighted by atomic mass is 32.2. The monoisotopic (exact) mass is 606 g/mol. The predicted octanol–water partition coefficient (Wildman–Crippen LogP) is 9.18. The summed E-state index contributed by atoms with van der Waals surface area (Å²) in [4.78, 5) is 0.843. The maximum Gasteiger partial charge on any atom is 0.305 e. The Bertz CT molecular complexity index is 2240. The summed E-state index contributed by atoms with van der Waals surface area (Å²) in [7, 11) is -3.52. The highest BCUT2D eigenvalue weighted by molar-refractivity contribution is 7.96. The number of allylic oxidation sites excluding steroid dienone is 3. The summed E-state index contributed by atoms with van der Waals surface area (Å²) < 4.78 is 40.7. The molecule has 9 rings (SSSR count). The van der Waals surface area contributed by atoms with Crippen molar-refractivity contribution < 1.29 is 17.9 Å². The van der Waals surface area contributed by atoms with Gasteiger partial charge in [-0.1, -0.05) is 117 Å². The molecule has 220 valence electrons. The van der Waals surface area contributed by atoms with Gasteiger partial charge in [-0.2, -0.15) is 0 Å². The van der Waals surface area contributed by atoms with E-state index in [1.807, 2.05) is 66.7 Å². The van der Waals surface area contributed by atoms with Crippen molar-refractivity contribution in [3.8, 4) is 33.8 Å². The average molecular weight is 607 g/mol. The summed E-state index contributed by atoms with van der Waals surface area (Å²) in [6.45, 7) is 4.50. The lowest BCUT2D eigenvalue weighted by Gasteiger charge is -2.30. The lowest BCUT2D eigenvalue weighted by atomic mass is 9.82. The normalized spacial score (nSPS) is 20.8. The summed E-state index contributed by atoms with van der Waals surface area (Å²) in [5.74, 6) is 0.310. The van der Waals surface area contributed by atoms with Crippen molar-refractivity contribution in [2.24, 2.45) is 0 Å². The Morgan fingerprint density at radius 3 is 2.24 bits per heavy atom. The van der Waals surface area contributed by atoms with Gasteiger partial charge >= 0.3 is 5.79 Å². The van der Waals surface area contributed by atoms with Gasteiger partial charge in [0.05, 0.1) is 9.80 Å². The second kappa shape index (κ2) is 9.09. The first-order valence-electron chi connectivity index (χ1n) is 15.4. The summed E-state index contributed by atoms with van der Waals surface area (Å²) in [6, 6.07) is 36.6. The van der Waals surface area contributed by atoms with Crippen LogP contribution in [0.2, 0.25) is 0 Å². The number of fused-ring (bicyclic) bond motifs is 7. The van der Waals surface area contributed by atoms with Crippen LogP contribution in [0.4, 0.5) is 0 Å². The minimum Gasteiger partial charge on any atom is -0.440 e. The molecule has 2 aliphatic carbocycles. The smallest absolute Gasteiger partial charge is 0.305 e. The molecule has 5 heteroatoms. The van der Waals surface area contributed by atoms with Crippen LogP contribution in [0.15, 0.2) is 131 Å². The molecule has 1 unspecified atom stereocenters. The lowest BCUT2D eigenvalue weighted by molar-refractivity contribution is -0.0464. The summed E-state index contributed by atoms with van der Waals surface area (Å²) in [5.41, 5.74) is 9.95. The number of hydrogen-bond acceptors (Lipinski definition) is 4. The second-order valence-corrected chi connectivity index (χ2v) is 14.6. The number of rotatable bonds is 3. The predicted molar refractivity (Wildman–Crippen MR) is 177 cm³/mol. The van der Waals surface area contributed by atoms with Crippen LogP contribution in [-0.2, 0) is 21.0 Å². The summed E-state index contributed by atoms with van der Waals surface area (Å²) in [6.07, 6.45) is 5.28. The largest absolute Gasteiger partial charge is 0.440 e. The van der Waals surface area contributed by atoms with E-state index in [1.165, 1.54) is 16.7 Å². The van der Waals surface area contributed by atoms with Crippen LogP contribution in [0.1, 0.15) is 54.5 Å². The summed E-state index contributed by atoms with van der Waals surface area (Å²) >= 11 is 0. The Balaban J connectivity index is 1.18. The molecule has 0 amide bonds. The topological polar surface area (TPSA) is 52.6 Å². The van der Waals surface area contributed by atoms with E-state index in [9.17, 15) is 8.42 Å². The molecule has 0 fully saturated rings. The molecule has 2 heterocycles. The van der Waals surface area contributed by atoms with E-state index in [4.69, 9.17) is 9.47 Å². The van der Waals surface area contributed by atoms with E-state index in [0.29, 0.717) is 9.80 Å². The standard InChI is InChI=1S/C40H30O4S/c1-39(2)32-16-8-6-13-29(32)30-23-24-33-38(37(30)39)44-40(43-33,26-11-4-3-5-12-26)27-21-19-25(20-22-27)28-15-10-18-35-36(28)31-14-7-9-17-34(31)45(35,41)42/h3-6,8-13,15-24H,7,14H2,1-2H3. The SMILES string of the molecule is CC1(C)c2ccccc2-c2ccc3c(c21)OC(c1ccccc1)(c1ccc(-c2cccc4c2C2=C(C=CCC2)S4(=O)=O)cc1)O3. The molecule has 0 aromatic heterocycles. The van der Waals surface area contributed by atoms with Gasteiger partial charge in [0.25, 0.3) is 0 Å². The van der Waals surface area contributed by atoms with Crippen molar-refractivity contribution in [3.63, 3.8) is 0 Å². The van der Waals surface area contributed by atoms with Gasteiger partial charge in [-0.15, -0.1) is 0 Å². The molecule has 4 aliphatic rings. The van der Waals surface area contributed by atoms with Crippen LogP contribution in [0, 0.1) is 0 Å². The molecular formula is C40H30O4S. The Morgan fingerprint density at radius 2 is 1.42 bits per heavy atom. The second-order valence-electron chi connectivity index (χ2n) is 12.7. The molecule has 4 nitrogen and oxygen atoms in total. The fourth-order valence-corrected chi connectivity index (χ4v) is 9.60. The molecule has 0 saturated carbocycles. The van der Waals surface area contributed by atoms with Gasteiger partial charge in [0.1, 0.15) is 0 Å². The van der Waals surface area contributed by atoms with E-state index in [1.54, 1.807) is 12.1 Å². The molecule has 1 atom stereocenters. The number of hydrogen-bond donors (Lipinski definition) is 0. The van der Waals surface area contributed by atoms with Crippen LogP contribution in [0.25, 0.3) is 27.8 Å². The molecule has 0 N–H and O–H groups in total. The number of benzene rings is 5. The van der Waals surface area contributed by atoms with Crippen molar-refractivity contribution in [1.82, 2.24) is 0 Å². The van der Waals surface area contributed by atoms with E-state index in [-0.39, 0.29) is 5.41 Å². The van der Waals surface area contributed by atoms with Crippen molar-refractivity contribution >= 4 is 15.4 Å². The molecule has 45 heavy (non-hydrogen) atoms. The minimum atomic E-state index is -3.52. The highest BCUT2D eigenvalue weighted by Gasteiger charge is 2.50. The Hall–Kier alpha value is -4.87. The minimum absolute atomic E-state index is 0.257. The van der Waals surface area contributed by atoms with Crippen molar-refractivity contribution in [3.05, 3.63) is 154 Å². The fourth-order valence-electron chi connectivity index (χ4n) is 7.80. The first-order valence-corrected chi connectivity index (χ1v) is 16.9. The van der Waals surface area contributed by atoms with E-state index >= 15 is 0 Å². The molecule has 0 bridgehead atoms. The van der Waals surface area contributed by atoms with Gasteiger partial charge in [0.2, 0.25) is 9.84 Å². The van der Waals surface area contributed by atoms with Crippen LogP contribution >= 0.6 is 0 Å². The molecule has 0 radical (unpaired) electrons. The maximum absolute atomic E-state index is 13.4. The Labute approximate surface area is 263 Å². The van der Waals surface area contributed by atoms with Crippen molar-refractivity contribution in [2.75, 3.05) is 0 Å². The third-order valence-electron chi connectivity index (χ3n) is 9.90. The van der Waals surface area contributed by atoms with Crippen molar-refractivity contribution in [1.29, 1.82) is 0 Å². The van der Waals surface area contributed by atoms with Crippen LogP contribution in [0.3, 0.4) is 0 Å². The molecule has 0 saturated heterocycles. The van der Waals surface area contributed by atoms with Crippen LogP contribution < -0.4 is 9.47 Å². The molecule has 5 aromatic carbocycles. The first kappa shape index (κ1) is 26.5. The zero-order valence-electron chi connectivity index (χ0n) is 25.0. The fraction of sp³-hybridized carbons (Fsp3) is 0.150. The van der Waals surface area contributed by atoms with Crippen LogP contribution in [-0.4, -0.2) is 8.42 Å². The maximum atomic E-state index is 13.4. The third kappa shape index (κ3) is 3.50. The lowest BCUT2D eigenvalue weighted by Crippen LogP contribution is -2.37. The van der Waals surface area contributed by atoms with Crippen molar-refractivity contribution in [2.45, 2.75) is 42.8 Å². The Morgan fingerprint density at radius 1 is 0.689 bits per heavy atom. The quantitative estimate of drug-likeness (QED) is 0.206. The van der Waals surface area contributed by atoms with Gasteiger partial charge < -0.3 is 9.47 Å². The van der Waals surface area contributed by atoms with E-state index in [2.05, 4.69) is 56.3 Å². The zero-order valence-corrected chi connectivity index (χ0v) is 25.8. The van der Waals surface area contributed by atoms with Gasteiger partial charge in [0, 0.05) is 27.7 Å². The first-order chi connectivity index (χ1) is 21.8. The van der Waals surface area contributed by atoms with E-state index < -0.39 is 15.6 Å². The molecule has 2 aliphatic heterocycles. The number of sulfone groups is 1. The molecular weight excluding hydrogens is 577 g/mol. The van der Waals surface area contributed by atoms with Gasteiger partial charge in [-0.3, -0.25) is 0 Å². The Kier molecular flexibility index (Phi) is 5.36. The average Bonchev–Trinajstić information content (AvgIpc) is 3.66. The van der Waals surface area contributed by atoms with Crippen LogP contribution in [0.5, 0.6) is 11.5 Å². The van der Waals surface area contributed by atoms with Gasteiger partial charge in [-0.05, 0) is 64.4 Å². The molecule has 5 aromatic rings. The van der Waals surface area contributed by atoms with Gasteiger partial charge in [0.15, 0.2) is 11.5 Å².